The van der Waals surface area contributed by atoms with Crippen LogP contribution < -0.4 is 10.6 Å². The fraction of sp³-hybridized carbons (Fsp3) is 0.625. The molecule has 19 heavy (non-hydrogen) atoms. The average Bonchev–Trinajstić information content (AvgIpc) is 2.70. The zero-order chi connectivity index (χ0) is 13.7. The van der Waals surface area contributed by atoms with E-state index in [-0.39, 0.29) is 5.54 Å². The van der Waals surface area contributed by atoms with Crippen molar-refractivity contribution in [2.45, 2.75) is 31.7 Å². The molecule has 1 aromatic rings. The van der Waals surface area contributed by atoms with Gasteiger partial charge in [-0.15, -0.1) is 0 Å². The summed E-state index contributed by atoms with van der Waals surface area (Å²) >= 11 is 0. The van der Waals surface area contributed by atoms with Crippen LogP contribution in [0.2, 0.25) is 0 Å². The zero-order valence-electron chi connectivity index (χ0n) is 12.3. The normalized spacial score (nSPS) is 25.0. The minimum absolute atomic E-state index is 0.116. The van der Waals surface area contributed by atoms with Crippen LogP contribution in [-0.2, 0) is 0 Å². The summed E-state index contributed by atoms with van der Waals surface area (Å²) in [6.45, 7) is 6.49. The highest BCUT2D eigenvalue weighted by atomic mass is 15.2. The van der Waals surface area contributed by atoms with Crippen LogP contribution in [0.3, 0.4) is 0 Å². The number of hydrogen-bond acceptors (Lipinski definition) is 3. The number of nitrogens with two attached hydrogens (primary N) is 1. The number of rotatable bonds is 4. The van der Waals surface area contributed by atoms with E-state index in [1.54, 1.807) is 0 Å². The van der Waals surface area contributed by atoms with E-state index < -0.39 is 0 Å². The Bertz CT molecular complexity index is 379. The molecule has 0 aromatic heterocycles. The van der Waals surface area contributed by atoms with Crippen molar-refractivity contribution in [2.24, 2.45) is 5.73 Å². The van der Waals surface area contributed by atoms with Gasteiger partial charge in [-0.2, -0.15) is 0 Å². The summed E-state index contributed by atoms with van der Waals surface area (Å²) in [5.74, 6) is 0. The van der Waals surface area contributed by atoms with Gasteiger partial charge in [-0.1, -0.05) is 25.1 Å². The molecule has 0 saturated carbocycles. The van der Waals surface area contributed by atoms with Gasteiger partial charge in [0, 0.05) is 25.8 Å². The summed E-state index contributed by atoms with van der Waals surface area (Å²) in [6, 6.07) is 10.6. The molecular formula is C16H27N3. The van der Waals surface area contributed by atoms with Gasteiger partial charge in [-0.05, 0) is 44.5 Å². The molecule has 106 valence electrons. The molecule has 0 radical (unpaired) electrons. The van der Waals surface area contributed by atoms with Crippen molar-refractivity contribution in [1.29, 1.82) is 0 Å². The maximum Gasteiger partial charge on any atom is 0.0533 e. The van der Waals surface area contributed by atoms with Crippen molar-refractivity contribution in [3.63, 3.8) is 0 Å². The second-order valence-corrected chi connectivity index (χ2v) is 5.61. The van der Waals surface area contributed by atoms with E-state index in [2.05, 4.69) is 54.1 Å². The van der Waals surface area contributed by atoms with Gasteiger partial charge in [-0.3, -0.25) is 0 Å². The Hall–Kier alpha value is -1.06. The highest BCUT2D eigenvalue weighted by Gasteiger charge is 2.35. The molecule has 1 atom stereocenters. The molecule has 1 aromatic carbocycles. The fourth-order valence-electron chi connectivity index (χ4n) is 3.15. The Morgan fingerprint density at radius 3 is 2.58 bits per heavy atom. The van der Waals surface area contributed by atoms with Crippen molar-refractivity contribution in [3.05, 3.63) is 30.3 Å². The van der Waals surface area contributed by atoms with E-state index in [1.807, 2.05) is 0 Å². The van der Waals surface area contributed by atoms with Crippen LogP contribution in [0.25, 0.3) is 0 Å². The molecule has 0 aliphatic carbocycles. The monoisotopic (exact) mass is 261 g/mol. The Morgan fingerprint density at radius 1 is 1.21 bits per heavy atom. The molecule has 1 saturated heterocycles. The van der Waals surface area contributed by atoms with Crippen LogP contribution in [0.1, 0.15) is 26.2 Å². The molecular weight excluding hydrogens is 234 g/mol. The first-order valence-corrected chi connectivity index (χ1v) is 7.43. The van der Waals surface area contributed by atoms with Crippen LogP contribution in [0.4, 0.5) is 5.69 Å². The lowest BCUT2D eigenvalue weighted by atomic mass is 9.88. The van der Waals surface area contributed by atoms with Crippen LogP contribution in [-0.4, -0.2) is 43.7 Å². The second-order valence-electron chi connectivity index (χ2n) is 5.61. The summed E-state index contributed by atoms with van der Waals surface area (Å²) in [5.41, 5.74) is 7.56. The number of likely N-dealkylation sites (N-methyl/N-ethyl adjacent to an activating group) is 1. The van der Waals surface area contributed by atoms with Crippen LogP contribution in [0.5, 0.6) is 0 Å². The number of hydrogen-bond donors (Lipinski definition) is 1. The zero-order valence-corrected chi connectivity index (χ0v) is 12.3. The minimum atomic E-state index is 0.116. The fourth-order valence-corrected chi connectivity index (χ4v) is 3.15. The molecule has 2 N–H and O–H groups in total. The van der Waals surface area contributed by atoms with Crippen molar-refractivity contribution in [3.8, 4) is 0 Å². The number of benzene rings is 1. The quantitative estimate of drug-likeness (QED) is 0.903. The predicted octanol–water partition coefficient (Wildman–Crippen LogP) is 2.33. The largest absolute Gasteiger partial charge is 0.368 e. The Labute approximate surface area is 117 Å². The molecule has 3 nitrogen and oxygen atoms in total. The number of likely N-dealkylation sites (tertiary alicyclic amines) is 1. The molecule has 1 unspecified atom stereocenters. The first-order chi connectivity index (χ1) is 9.22. The second kappa shape index (κ2) is 6.40. The number of nitrogens with zero attached hydrogens (tertiary/aromatic N) is 2. The lowest BCUT2D eigenvalue weighted by Gasteiger charge is -2.42. The van der Waals surface area contributed by atoms with Crippen LogP contribution in [0, 0.1) is 0 Å². The highest BCUT2D eigenvalue weighted by Crippen LogP contribution is 2.31. The molecule has 1 heterocycles. The van der Waals surface area contributed by atoms with Gasteiger partial charge in [0.2, 0.25) is 0 Å². The van der Waals surface area contributed by atoms with E-state index in [0.29, 0.717) is 0 Å². The summed E-state index contributed by atoms with van der Waals surface area (Å²) in [7, 11) is 2.20. The minimum Gasteiger partial charge on any atom is -0.368 e. The summed E-state index contributed by atoms with van der Waals surface area (Å²) in [5, 5.41) is 0. The Kier molecular flexibility index (Phi) is 4.83. The third-order valence-corrected chi connectivity index (χ3v) is 4.69. The van der Waals surface area contributed by atoms with Gasteiger partial charge < -0.3 is 15.5 Å². The van der Waals surface area contributed by atoms with Crippen molar-refractivity contribution < 1.29 is 0 Å². The van der Waals surface area contributed by atoms with Gasteiger partial charge in [0.15, 0.2) is 0 Å². The molecule has 3 heteroatoms. The maximum absolute atomic E-state index is 6.17. The molecule has 0 bridgehead atoms. The summed E-state index contributed by atoms with van der Waals surface area (Å²) in [6.07, 6.45) is 3.58. The van der Waals surface area contributed by atoms with Gasteiger partial charge >= 0.3 is 0 Å². The van der Waals surface area contributed by atoms with E-state index in [1.165, 1.54) is 25.1 Å². The van der Waals surface area contributed by atoms with E-state index >= 15 is 0 Å². The van der Waals surface area contributed by atoms with Crippen LogP contribution >= 0.6 is 0 Å². The van der Waals surface area contributed by atoms with Gasteiger partial charge in [0.1, 0.15) is 0 Å². The molecule has 0 amide bonds. The van der Waals surface area contributed by atoms with Gasteiger partial charge in [0.25, 0.3) is 0 Å². The van der Waals surface area contributed by atoms with E-state index in [9.17, 15) is 0 Å². The highest BCUT2D eigenvalue weighted by molar-refractivity contribution is 5.48. The van der Waals surface area contributed by atoms with Gasteiger partial charge in [0.05, 0.1) is 5.54 Å². The molecule has 0 spiro atoms. The molecule has 1 fully saturated rings. The number of anilines is 1. The van der Waals surface area contributed by atoms with Crippen molar-refractivity contribution in [1.82, 2.24) is 4.90 Å². The third-order valence-electron chi connectivity index (χ3n) is 4.69. The summed E-state index contributed by atoms with van der Waals surface area (Å²) < 4.78 is 0. The standard InChI is InChI=1S/C16H27N3/c1-3-19-12-7-10-16(14-17,11-13-19)18(2)15-8-5-4-6-9-15/h4-6,8-9H,3,7,10-14,17H2,1-2H3. The average molecular weight is 261 g/mol. The lowest BCUT2D eigenvalue weighted by molar-refractivity contribution is 0.287. The SMILES string of the molecule is CCN1CCCC(CN)(N(C)c2ccccc2)CC1. The first kappa shape index (κ1) is 14.4. The Morgan fingerprint density at radius 2 is 1.95 bits per heavy atom. The lowest BCUT2D eigenvalue weighted by Crippen LogP contribution is -2.53. The van der Waals surface area contributed by atoms with Crippen molar-refractivity contribution >= 4 is 5.69 Å². The third kappa shape index (κ3) is 3.10. The Balaban J connectivity index is 2.17. The van der Waals surface area contributed by atoms with Gasteiger partial charge in [-0.25, -0.2) is 0 Å². The molecule has 1 aliphatic heterocycles. The summed E-state index contributed by atoms with van der Waals surface area (Å²) in [4.78, 5) is 4.95. The molecule has 2 rings (SSSR count). The topological polar surface area (TPSA) is 32.5 Å². The van der Waals surface area contributed by atoms with E-state index in [0.717, 1.165) is 26.1 Å². The van der Waals surface area contributed by atoms with Crippen molar-refractivity contribution in [2.75, 3.05) is 38.1 Å². The maximum atomic E-state index is 6.17. The van der Waals surface area contributed by atoms with E-state index in [4.69, 9.17) is 5.73 Å². The predicted molar refractivity (Wildman–Crippen MR) is 82.6 cm³/mol. The van der Waals surface area contributed by atoms with Crippen LogP contribution in [0.15, 0.2) is 30.3 Å². The first-order valence-electron chi connectivity index (χ1n) is 7.43. The number of para-hydroxylation sites is 1. The molecule has 1 aliphatic rings. The smallest absolute Gasteiger partial charge is 0.0533 e.